The summed E-state index contributed by atoms with van der Waals surface area (Å²) in [5.41, 5.74) is 3.95. The molecule has 1 aliphatic rings. The highest BCUT2D eigenvalue weighted by Gasteiger charge is 2.33. The molecule has 160 valence electrons. The van der Waals surface area contributed by atoms with E-state index in [1.54, 1.807) is 0 Å². The van der Waals surface area contributed by atoms with Crippen LogP contribution in [-0.4, -0.2) is 16.1 Å². The molecular weight excluding hydrogens is 402 g/mol. The molecule has 2 heterocycles. The van der Waals surface area contributed by atoms with Crippen LogP contribution in [0.25, 0.3) is 0 Å². The summed E-state index contributed by atoms with van der Waals surface area (Å²) in [4.78, 5) is 13.3. The molecule has 3 aromatic carbocycles. The molecule has 0 bridgehead atoms. The number of anilines is 1. The van der Waals surface area contributed by atoms with E-state index in [0.717, 1.165) is 16.7 Å². The molecule has 1 N–H and O–H groups in total. The zero-order valence-electron chi connectivity index (χ0n) is 17.9. The SMILES string of the molecule is CC(C)c1ccc(Cc2nnc(NC(=O)C3c4ccccc4Oc4ccccc43)o2)cc1. The number of ether oxygens (including phenoxy) is 1. The summed E-state index contributed by atoms with van der Waals surface area (Å²) in [7, 11) is 0. The van der Waals surface area contributed by atoms with Crippen LogP contribution < -0.4 is 10.1 Å². The monoisotopic (exact) mass is 425 g/mol. The standard InChI is InChI=1S/C26H23N3O3/c1-16(2)18-13-11-17(12-14-18)15-23-28-29-26(32-23)27-25(30)24-19-7-3-5-9-21(19)31-22-10-6-4-8-20(22)24/h3-14,16,24H,15H2,1-2H3,(H,27,29,30). The Hall–Kier alpha value is -3.93. The van der Waals surface area contributed by atoms with Gasteiger partial charge in [0.1, 0.15) is 11.5 Å². The Kier molecular flexibility index (Phi) is 5.19. The fourth-order valence-electron chi connectivity index (χ4n) is 3.94. The quantitative estimate of drug-likeness (QED) is 0.446. The third-order valence-electron chi connectivity index (χ3n) is 5.64. The van der Waals surface area contributed by atoms with Crippen LogP contribution in [0.5, 0.6) is 11.5 Å². The lowest BCUT2D eigenvalue weighted by Crippen LogP contribution is -2.25. The van der Waals surface area contributed by atoms with E-state index >= 15 is 0 Å². The summed E-state index contributed by atoms with van der Waals surface area (Å²) in [5, 5.41) is 10.9. The number of fused-ring (bicyclic) bond motifs is 2. The number of carbonyl (C=O) groups excluding carboxylic acids is 1. The second-order valence-electron chi connectivity index (χ2n) is 8.17. The average molecular weight is 425 g/mol. The first kappa shape index (κ1) is 20.0. The van der Waals surface area contributed by atoms with Crippen molar-refractivity contribution in [3.8, 4) is 11.5 Å². The molecule has 0 radical (unpaired) electrons. The van der Waals surface area contributed by atoms with Crippen LogP contribution >= 0.6 is 0 Å². The Bertz CT molecular complexity index is 1220. The first-order valence-electron chi connectivity index (χ1n) is 10.7. The van der Waals surface area contributed by atoms with E-state index < -0.39 is 5.92 Å². The molecule has 0 atom stereocenters. The summed E-state index contributed by atoms with van der Waals surface area (Å²) in [6, 6.07) is 23.5. The molecule has 0 spiro atoms. The summed E-state index contributed by atoms with van der Waals surface area (Å²) in [5.74, 6) is 1.49. The number of rotatable bonds is 5. The van der Waals surface area contributed by atoms with Gasteiger partial charge in [-0.1, -0.05) is 79.6 Å². The van der Waals surface area contributed by atoms with E-state index in [9.17, 15) is 4.79 Å². The zero-order valence-corrected chi connectivity index (χ0v) is 17.9. The zero-order chi connectivity index (χ0) is 22.1. The molecule has 32 heavy (non-hydrogen) atoms. The second kappa shape index (κ2) is 8.30. The van der Waals surface area contributed by atoms with Gasteiger partial charge in [0.2, 0.25) is 11.8 Å². The van der Waals surface area contributed by atoms with Gasteiger partial charge in [-0.15, -0.1) is 5.10 Å². The predicted molar refractivity (Wildman–Crippen MR) is 121 cm³/mol. The van der Waals surface area contributed by atoms with Crippen molar-refractivity contribution in [1.82, 2.24) is 10.2 Å². The van der Waals surface area contributed by atoms with Crippen LogP contribution in [0, 0.1) is 0 Å². The minimum Gasteiger partial charge on any atom is -0.457 e. The molecule has 4 aromatic rings. The fourth-order valence-corrected chi connectivity index (χ4v) is 3.94. The molecule has 1 amide bonds. The number of hydrogen-bond donors (Lipinski definition) is 1. The van der Waals surface area contributed by atoms with Crippen LogP contribution in [0.4, 0.5) is 6.01 Å². The van der Waals surface area contributed by atoms with Crippen molar-refractivity contribution in [3.05, 3.63) is 101 Å². The second-order valence-corrected chi connectivity index (χ2v) is 8.17. The van der Waals surface area contributed by atoms with Gasteiger partial charge in [0, 0.05) is 11.1 Å². The van der Waals surface area contributed by atoms with E-state index in [1.807, 2.05) is 48.5 Å². The molecule has 1 aliphatic heterocycles. The van der Waals surface area contributed by atoms with E-state index in [0.29, 0.717) is 29.7 Å². The van der Waals surface area contributed by atoms with Crippen LogP contribution in [0.2, 0.25) is 0 Å². The van der Waals surface area contributed by atoms with E-state index in [-0.39, 0.29) is 11.9 Å². The third kappa shape index (κ3) is 3.87. The van der Waals surface area contributed by atoms with Gasteiger partial charge in [-0.3, -0.25) is 10.1 Å². The van der Waals surface area contributed by atoms with Crippen LogP contribution in [0.3, 0.4) is 0 Å². The number of nitrogens with one attached hydrogen (secondary N) is 1. The van der Waals surface area contributed by atoms with Gasteiger partial charge >= 0.3 is 6.01 Å². The molecule has 0 saturated heterocycles. The van der Waals surface area contributed by atoms with Gasteiger partial charge < -0.3 is 9.15 Å². The molecule has 6 nitrogen and oxygen atoms in total. The largest absolute Gasteiger partial charge is 0.457 e. The molecule has 1 aromatic heterocycles. The normalized spacial score (nSPS) is 12.7. The van der Waals surface area contributed by atoms with Crippen molar-refractivity contribution < 1.29 is 13.9 Å². The van der Waals surface area contributed by atoms with E-state index in [1.165, 1.54) is 5.56 Å². The maximum atomic E-state index is 13.3. The van der Waals surface area contributed by atoms with Gasteiger partial charge in [0.15, 0.2) is 0 Å². The van der Waals surface area contributed by atoms with Gasteiger partial charge in [-0.2, -0.15) is 0 Å². The van der Waals surface area contributed by atoms with Crippen molar-refractivity contribution in [2.24, 2.45) is 0 Å². The number of aromatic nitrogens is 2. The van der Waals surface area contributed by atoms with Gasteiger partial charge in [0.05, 0.1) is 12.3 Å². The van der Waals surface area contributed by atoms with Gasteiger partial charge in [-0.05, 0) is 29.2 Å². The maximum absolute atomic E-state index is 13.3. The number of para-hydroxylation sites is 2. The lowest BCUT2D eigenvalue weighted by Gasteiger charge is -2.26. The highest BCUT2D eigenvalue weighted by Crippen LogP contribution is 2.44. The van der Waals surface area contributed by atoms with Crippen molar-refractivity contribution in [1.29, 1.82) is 0 Å². The lowest BCUT2D eigenvalue weighted by atomic mass is 9.87. The summed E-state index contributed by atoms with van der Waals surface area (Å²) >= 11 is 0. The van der Waals surface area contributed by atoms with Crippen LogP contribution in [-0.2, 0) is 11.2 Å². The molecular formula is C26H23N3O3. The first-order chi connectivity index (χ1) is 15.6. The molecule has 6 heteroatoms. The Morgan fingerprint density at radius 1 is 0.906 bits per heavy atom. The number of nitrogens with zero attached hydrogens (tertiary/aromatic N) is 2. The molecule has 0 unspecified atom stereocenters. The fraction of sp³-hybridized carbons (Fsp3) is 0.192. The summed E-state index contributed by atoms with van der Waals surface area (Å²) in [6.45, 7) is 4.33. The average Bonchev–Trinajstić information content (AvgIpc) is 3.24. The minimum atomic E-state index is -0.532. The Morgan fingerprint density at radius 2 is 1.53 bits per heavy atom. The number of benzene rings is 3. The van der Waals surface area contributed by atoms with Gasteiger partial charge in [0.25, 0.3) is 0 Å². The Balaban J connectivity index is 1.35. The Morgan fingerprint density at radius 3 is 2.16 bits per heavy atom. The predicted octanol–water partition coefficient (Wildman–Crippen LogP) is 5.66. The van der Waals surface area contributed by atoms with Gasteiger partial charge in [-0.25, -0.2) is 0 Å². The third-order valence-corrected chi connectivity index (χ3v) is 5.64. The van der Waals surface area contributed by atoms with Crippen molar-refractivity contribution in [2.75, 3.05) is 5.32 Å². The Labute approximate surface area is 186 Å². The molecule has 0 aliphatic carbocycles. The highest BCUT2D eigenvalue weighted by atomic mass is 16.5. The van der Waals surface area contributed by atoms with Crippen molar-refractivity contribution in [3.63, 3.8) is 0 Å². The molecule has 5 rings (SSSR count). The van der Waals surface area contributed by atoms with Crippen molar-refractivity contribution in [2.45, 2.75) is 32.1 Å². The van der Waals surface area contributed by atoms with Crippen molar-refractivity contribution >= 4 is 11.9 Å². The summed E-state index contributed by atoms with van der Waals surface area (Å²) < 4.78 is 11.7. The lowest BCUT2D eigenvalue weighted by molar-refractivity contribution is -0.117. The van der Waals surface area contributed by atoms with E-state index in [2.05, 4.69) is 53.6 Å². The number of amides is 1. The van der Waals surface area contributed by atoms with Crippen LogP contribution in [0.15, 0.2) is 77.2 Å². The minimum absolute atomic E-state index is 0.0882. The summed E-state index contributed by atoms with van der Waals surface area (Å²) in [6.07, 6.45) is 0.504. The maximum Gasteiger partial charge on any atom is 0.322 e. The smallest absolute Gasteiger partial charge is 0.322 e. The van der Waals surface area contributed by atoms with E-state index in [4.69, 9.17) is 9.15 Å². The number of hydrogen-bond acceptors (Lipinski definition) is 5. The first-order valence-corrected chi connectivity index (χ1v) is 10.7. The number of carbonyl (C=O) groups is 1. The highest BCUT2D eigenvalue weighted by molar-refractivity contribution is 5.98. The topological polar surface area (TPSA) is 77.2 Å². The molecule has 0 saturated carbocycles. The molecule has 0 fully saturated rings. The van der Waals surface area contributed by atoms with Crippen LogP contribution in [0.1, 0.15) is 53.8 Å².